The van der Waals surface area contributed by atoms with Crippen LogP contribution < -0.4 is 45.2 Å². The van der Waals surface area contributed by atoms with E-state index in [4.69, 9.17) is 93.3 Å². The average molecular weight is 1200 g/mol. The molecule has 62 heavy (non-hydrogen) atoms. The summed E-state index contributed by atoms with van der Waals surface area (Å²) < 4.78 is 9.15. The molecule has 21 nitrogen and oxygen atoms in total. The topological polar surface area (TPSA) is 350 Å². The monoisotopic (exact) mass is 1190 g/mol. The maximum atomic E-state index is 12.3. The minimum Gasteiger partial charge on any atom is -0.872 e. The summed E-state index contributed by atoms with van der Waals surface area (Å²) in [5.74, 6) is -5.09. The number of carbonyl (C=O) groups excluding carboxylic acids is 3. The van der Waals surface area contributed by atoms with Crippen LogP contribution in [0.4, 0.5) is 0 Å². The second kappa shape index (κ2) is 44.0. The van der Waals surface area contributed by atoms with Crippen molar-refractivity contribution < 1.29 is 170 Å². The van der Waals surface area contributed by atoms with Crippen molar-refractivity contribution in [2.45, 2.75) is 25.1 Å². The maximum Gasteiger partial charge on any atom is 3.00 e. The molecule has 0 aliphatic carbocycles. The zero-order valence-electron chi connectivity index (χ0n) is 33.5. The number of hydrogen-bond donors (Lipinski definition) is 0. The summed E-state index contributed by atoms with van der Waals surface area (Å²) in [5.41, 5.74) is 0.624. The number of carbonyl (C=O) groups is 3. The number of carboxylic acid groups (broad SMARTS) is 3. The molecule has 0 spiro atoms. The van der Waals surface area contributed by atoms with Crippen LogP contribution in [0.2, 0.25) is 0 Å². The normalized spacial score (nSPS) is 9.56. The van der Waals surface area contributed by atoms with Crippen molar-refractivity contribution >= 4 is 77.6 Å². The van der Waals surface area contributed by atoms with E-state index < -0.39 is 33.7 Å². The third-order valence-electron chi connectivity index (χ3n) is 5.23. The quantitative estimate of drug-likeness (QED) is 0.0379. The molecular weight excluding hydrogens is 1160 g/mol. The van der Waals surface area contributed by atoms with E-state index in [9.17, 15) is 20.4 Å². The first-order valence-electron chi connectivity index (χ1n) is 15.6. The van der Waals surface area contributed by atoms with Gasteiger partial charge in [0.05, 0.1) is 39.1 Å². The zero-order valence-corrected chi connectivity index (χ0v) is 43.5. The van der Waals surface area contributed by atoms with Crippen LogP contribution in [0.3, 0.4) is 0 Å². The number of rotatable bonds is 16. The van der Waals surface area contributed by atoms with E-state index in [1.54, 1.807) is 36.4 Å². The van der Waals surface area contributed by atoms with Gasteiger partial charge in [0, 0.05) is 17.9 Å². The molecule has 0 fully saturated rings. The molecule has 27 heteroatoms. The second-order valence-electron chi connectivity index (χ2n) is 9.65. The molecule has 3 rings (SSSR count). The third kappa shape index (κ3) is 38.1. The van der Waals surface area contributed by atoms with Crippen molar-refractivity contribution in [3.8, 4) is 34.5 Å². The Bertz CT molecular complexity index is 1670. The molecule has 0 bridgehead atoms. The Labute approximate surface area is 435 Å². The van der Waals surface area contributed by atoms with Gasteiger partial charge in [-0.2, -0.15) is 0 Å². The summed E-state index contributed by atoms with van der Waals surface area (Å²) in [4.78, 5) is 46.7. The van der Waals surface area contributed by atoms with Gasteiger partial charge >= 0.3 is 85.9 Å². The SMILES string of the molecule is CC(=O)[O-].CC(=O)[O-].CC(=O)[O-].COc1cccc(/C=N/OCCO/N=C/c2ccc(/C=N/OCCO/N=C/c3cccc(OC)c3[O-])c([O-])c2[O-])c1[O-].ClC(Cl)Cl.[OH3+].[Yb+3].[Zn+2].[Zn+2]. The van der Waals surface area contributed by atoms with Crippen LogP contribution >= 0.6 is 34.8 Å². The summed E-state index contributed by atoms with van der Waals surface area (Å²) in [6.45, 7) is 2.93. The molecule has 0 unspecified atom stereocenters. The van der Waals surface area contributed by atoms with E-state index in [0.29, 0.717) is 11.1 Å². The molecular formula is C35H39Cl3N4O17YbZn2+. The molecule has 0 aliphatic heterocycles. The number of hydrogen-bond acceptors (Lipinski definition) is 20. The van der Waals surface area contributed by atoms with E-state index in [-0.39, 0.29) is 152 Å². The fourth-order valence-corrected chi connectivity index (χ4v) is 3.12. The van der Waals surface area contributed by atoms with Gasteiger partial charge in [0.2, 0.25) is 0 Å². The summed E-state index contributed by atoms with van der Waals surface area (Å²) in [6, 6.07) is 12.3. The molecule has 3 aromatic rings. The Morgan fingerprint density at radius 3 is 0.952 bits per heavy atom. The Kier molecular flexibility index (Phi) is 49.7. The number of halogens is 3. The van der Waals surface area contributed by atoms with Crippen molar-refractivity contribution in [2.75, 3.05) is 40.6 Å². The van der Waals surface area contributed by atoms with Crippen LogP contribution in [0.15, 0.2) is 69.2 Å². The number of para-hydroxylation sites is 2. The fourth-order valence-electron chi connectivity index (χ4n) is 3.12. The number of aliphatic carboxylic acids is 3. The number of ether oxygens (including phenoxy) is 2. The van der Waals surface area contributed by atoms with Crippen LogP contribution in [0.5, 0.6) is 34.5 Å². The Morgan fingerprint density at radius 2 is 0.742 bits per heavy atom. The Hall–Kier alpha value is -3.65. The van der Waals surface area contributed by atoms with Crippen molar-refractivity contribution in [2.24, 2.45) is 20.6 Å². The van der Waals surface area contributed by atoms with E-state index in [2.05, 4.69) is 20.6 Å². The van der Waals surface area contributed by atoms with Gasteiger partial charge in [-0.25, -0.2) is 0 Å². The molecule has 3 N–H and O–H groups in total. The Morgan fingerprint density at radius 1 is 0.532 bits per heavy atom. The molecule has 0 atom stereocenters. The predicted molar refractivity (Wildman–Crippen MR) is 203 cm³/mol. The van der Waals surface area contributed by atoms with Crippen molar-refractivity contribution in [3.05, 3.63) is 70.8 Å². The van der Waals surface area contributed by atoms with Crippen LogP contribution in [0.1, 0.15) is 43.0 Å². The fraction of sp³-hybridized carbons (Fsp3) is 0.286. The molecule has 0 aliphatic rings. The van der Waals surface area contributed by atoms with Crippen LogP contribution in [-0.4, -0.2) is 87.7 Å². The van der Waals surface area contributed by atoms with Crippen LogP contribution in [0.25, 0.3) is 0 Å². The standard InChI is InChI=1S/C28H30N4O10.3C2H4O2.CHCl3.H2O.Yb.2Zn/c1-37-23-7-3-5-19(25(23)33)15-29-39-11-13-41-31-17-21-9-10-22(28(36)27(21)35)18-32-42-14-12-40-30-16-20-6-4-8-24(38-2)26(20)34;3*1-2(3)4;2-1(3)4;;;;/h3-10,15-18,33-36H,11-14H2,1-2H3;3*1H3,(H,3,4);1H;1H2;;;/q;;;;;;+3;2*+2/p-6/b29-15+,30-16+,31-17+,32-18+;;;;;;;;. The average Bonchev–Trinajstić information content (AvgIpc) is 3.13. The van der Waals surface area contributed by atoms with Gasteiger partial charge in [-0.1, -0.05) is 103 Å². The summed E-state index contributed by atoms with van der Waals surface area (Å²) in [6.07, 6.45) is 4.71. The number of methoxy groups -OCH3 is 2. The first-order chi connectivity index (χ1) is 27.4. The van der Waals surface area contributed by atoms with Gasteiger partial charge in [0.25, 0.3) is 0 Å². The smallest absolute Gasteiger partial charge is 0.872 e. The van der Waals surface area contributed by atoms with Crippen molar-refractivity contribution in [3.63, 3.8) is 0 Å². The second-order valence-corrected chi connectivity index (χ2v) is 11.6. The van der Waals surface area contributed by atoms with E-state index in [0.717, 1.165) is 33.2 Å². The van der Waals surface area contributed by atoms with E-state index in [1.807, 2.05) is 0 Å². The van der Waals surface area contributed by atoms with Gasteiger partial charge in [0.1, 0.15) is 11.5 Å². The van der Waals surface area contributed by atoms with Gasteiger partial charge in [-0.05, 0) is 55.2 Å². The van der Waals surface area contributed by atoms with Crippen LogP contribution in [0, 0.1) is 46.9 Å². The summed E-state index contributed by atoms with van der Waals surface area (Å²) >= 11 is 14.4. The molecule has 3 aromatic carbocycles. The van der Waals surface area contributed by atoms with Crippen molar-refractivity contribution in [1.29, 1.82) is 0 Å². The number of alkyl halides is 3. The van der Waals surface area contributed by atoms with Crippen LogP contribution in [-0.2, 0) is 78.2 Å². The minimum absolute atomic E-state index is 0. The molecule has 339 valence electrons. The van der Waals surface area contributed by atoms with Gasteiger partial charge in [-0.15, -0.1) is 11.5 Å². The molecule has 0 heterocycles. The predicted octanol–water partition coefficient (Wildman–Crippen LogP) is -1.87. The Balaban J connectivity index is -0.000000337. The molecule has 0 saturated heterocycles. The number of oxime groups is 4. The number of benzene rings is 3. The minimum atomic E-state index is -1.08. The first-order valence-corrected chi connectivity index (χ1v) is 17.0. The molecule has 0 saturated carbocycles. The molecule has 1 radical (unpaired) electrons. The van der Waals surface area contributed by atoms with Gasteiger partial charge < -0.3 is 84.4 Å². The van der Waals surface area contributed by atoms with E-state index >= 15 is 0 Å². The number of carboxylic acids is 3. The first kappa shape index (κ1) is 70.0. The number of nitrogens with zero attached hydrogens (tertiary/aromatic N) is 4. The van der Waals surface area contributed by atoms with E-state index in [1.165, 1.54) is 38.8 Å². The zero-order chi connectivity index (χ0) is 44.5. The third-order valence-corrected chi connectivity index (χ3v) is 5.23. The molecule has 0 amide bonds. The summed E-state index contributed by atoms with van der Waals surface area (Å²) in [7, 11) is 2.79. The largest absolute Gasteiger partial charge is 3.00 e. The summed E-state index contributed by atoms with van der Waals surface area (Å²) in [5, 5.41) is 89.9. The van der Waals surface area contributed by atoms with Gasteiger partial charge in [-0.3, -0.25) is 0 Å². The molecule has 0 aromatic heterocycles. The maximum absolute atomic E-state index is 12.3. The van der Waals surface area contributed by atoms with Gasteiger partial charge in [0.15, 0.2) is 30.7 Å². The van der Waals surface area contributed by atoms with Crippen molar-refractivity contribution in [1.82, 2.24) is 0 Å².